The summed E-state index contributed by atoms with van der Waals surface area (Å²) in [6.45, 7) is 6.53. The van der Waals surface area contributed by atoms with Gasteiger partial charge in [-0.25, -0.2) is 0 Å². The first-order valence-corrected chi connectivity index (χ1v) is 26.0. The minimum Gasteiger partial charge on any atom is -0.462 e. The molecule has 6 nitrogen and oxygen atoms in total. The molecule has 0 bridgehead atoms. The van der Waals surface area contributed by atoms with Crippen LogP contribution in [0.5, 0.6) is 0 Å². The highest BCUT2D eigenvalue weighted by Gasteiger charge is 2.19. The molecule has 0 heterocycles. The van der Waals surface area contributed by atoms with Gasteiger partial charge < -0.3 is 14.2 Å². The fourth-order valence-corrected chi connectivity index (χ4v) is 7.48. The van der Waals surface area contributed by atoms with Gasteiger partial charge in [0, 0.05) is 19.3 Å². The van der Waals surface area contributed by atoms with Crippen LogP contribution in [0.15, 0.2) is 36.5 Å². The number of rotatable bonds is 47. The van der Waals surface area contributed by atoms with E-state index in [-0.39, 0.29) is 31.1 Å². The largest absolute Gasteiger partial charge is 0.462 e. The monoisotopic (exact) mass is 843 g/mol. The van der Waals surface area contributed by atoms with Crippen molar-refractivity contribution in [3.05, 3.63) is 36.5 Å². The molecule has 0 aromatic carbocycles. The summed E-state index contributed by atoms with van der Waals surface area (Å²) in [4.78, 5) is 37.9. The standard InChI is InChI=1S/C54H98O6/c1-4-7-10-13-16-19-22-25-28-31-34-37-40-43-46-52(55)58-49-51(60-54(57)48-45-42-39-36-33-30-27-24-21-18-15-12-9-6-3)50-59-53(56)47-44-41-38-35-32-29-26-23-20-17-14-11-8-5-2/h7,10,16,19,30,33,51H,4-6,8-9,11-15,17-18,20-29,31-32,34-50H2,1-3H3/b10-7-,19-16-,33-30-. The Morgan fingerprint density at radius 1 is 0.350 bits per heavy atom. The van der Waals surface area contributed by atoms with Crippen molar-refractivity contribution in [2.45, 2.75) is 277 Å². The normalized spacial score (nSPS) is 12.2. The van der Waals surface area contributed by atoms with E-state index < -0.39 is 6.10 Å². The summed E-state index contributed by atoms with van der Waals surface area (Å²) in [5.41, 5.74) is 0. The Balaban J connectivity index is 4.38. The second-order valence-corrected chi connectivity index (χ2v) is 17.4. The van der Waals surface area contributed by atoms with Crippen LogP contribution in [0.25, 0.3) is 0 Å². The van der Waals surface area contributed by atoms with Crippen molar-refractivity contribution in [3.63, 3.8) is 0 Å². The Hall–Kier alpha value is -2.37. The summed E-state index contributed by atoms with van der Waals surface area (Å²) >= 11 is 0. The molecule has 0 fully saturated rings. The zero-order chi connectivity index (χ0) is 43.7. The smallest absolute Gasteiger partial charge is 0.306 e. The highest BCUT2D eigenvalue weighted by atomic mass is 16.6. The van der Waals surface area contributed by atoms with Crippen LogP contribution in [0, 0.1) is 0 Å². The summed E-state index contributed by atoms with van der Waals surface area (Å²) in [6, 6.07) is 0. The van der Waals surface area contributed by atoms with Crippen LogP contribution < -0.4 is 0 Å². The van der Waals surface area contributed by atoms with E-state index in [1.165, 1.54) is 141 Å². The quantitative estimate of drug-likeness (QED) is 0.0263. The summed E-state index contributed by atoms with van der Waals surface area (Å²) in [5.74, 6) is -0.892. The summed E-state index contributed by atoms with van der Waals surface area (Å²) in [5, 5.41) is 0. The number of ether oxygens (including phenoxy) is 3. The van der Waals surface area contributed by atoms with Gasteiger partial charge in [0.25, 0.3) is 0 Å². The summed E-state index contributed by atoms with van der Waals surface area (Å²) in [7, 11) is 0. The van der Waals surface area contributed by atoms with Crippen LogP contribution in [-0.4, -0.2) is 37.2 Å². The minimum atomic E-state index is -0.779. The molecule has 6 heteroatoms. The second-order valence-electron chi connectivity index (χ2n) is 17.4. The van der Waals surface area contributed by atoms with Gasteiger partial charge in [-0.15, -0.1) is 0 Å². The van der Waals surface area contributed by atoms with Gasteiger partial charge >= 0.3 is 17.9 Å². The van der Waals surface area contributed by atoms with E-state index in [0.717, 1.165) is 89.9 Å². The van der Waals surface area contributed by atoms with Gasteiger partial charge in [0.15, 0.2) is 6.10 Å². The molecule has 0 radical (unpaired) electrons. The third-order valence-corrected chi connectivity index (χ3v) is 11.4. The maximum absolute atomic E-state index is 12.8. The van der Waals surface area contributed by atoms with Crippen molar-refractivity contribution in [2.24, 2.45) is 0 Å². The maximum Gasteiger partial charge on any atom is 0.306 e. The average Bonchev–Trinajstić information content (AvgIpc) is 3.24. The van der Waals surface area contributed by atoms with Crippen molar-refractivity contribution in [2.75, 3.05) is 13.2 Å². The molecule has 0 aliphatic rings. The van der Waals surface area contributed by atoms with Crippen LogP contribution in [-0.2, 0) is 28.6 Å². The van der Waals surface area contributed by atoms with Crippen molar-refractivity contribution in [1.29, 1.82) is 0 Å². The molecular formula is C54H98O6. The first kappa shape index (κ1) is 57.6. The van der Waals surface area contributed by atoms with E-state index in [9.17, 15) is 14.4 Å². The van der Waals surface area contributed by atoms with E-state index in [4.69, 9.17) is 14.2 Å². The number of carbonyl (C=O) groups is 3. The number of esters is 3. The maximum atomic E-state index is 12.8. The number of hydrogen-bond donors (Lipinski definition) is 0. The van der Waals surface area contributed by atoms with E-state index in [1.54, 1.807) is 0 Å². The minimum absolute atomic E-state index is 0.0777. The molecule has 350 valence electrons. The third kappa shape index (κ3) is 46.7. The third-order valence-electron chi connectivity index (χ3n) is 11.4. The first-order valence-electron chi connectivity index (χ1n) is 26.0. The Kier molecular flexibility index (Phi) is 47.3. The van der Waals surface area contributed by atoms with E-state index in [2.05, 4.69) is 57.2 Å². The number of carbonyl (C=O) groups excluding carboxylic acids is 3. The van der Waals surface area contributed by atoms with Crippen molar-refractivity contribution >= 4 is 17.9 Å². The van der Waals surface area contributed by atoms with Crippen molar-refractivity contribution < 1.29 is 28.6 Å². The molecule has 60 heavy (non-hydrogen) atoms. The number of allylic oxidation sites excluding steroid dienone is 6. The van der Waals surface area contributed by atoms with Gasteiger partial charge in [-0.05, 0) is 70.6 Å². The molecule has 1 unspecified atom stereocenters. The zero-order valence-electron chi connectivity index (χ0n) is 40.0. The lowest BCUT2D eigenvalue weighted by atomic mass is 10.0. The first-order chi connectivity index (χ1) is 29.5. The highest BCUT2D eigenvalue weighted by molar-refractivity contribution is 5.71. The zero-order valence-corrected chi connectivity index (χ0v) is 40.0. The van der Waals surface area contributed by atoms with Gasteiger partial charge in [0.1, 0.15) is 13.2 Å². The van der Waals surface area contributed by atoms with E-state index in [1.807, 2.05) is 0 Å². The predicted octanol–water partition coefficient (Wildman–Crippen LogP) is 16.9. The Labute approximate surface area is 372 Å². The SMILES string of the molecule is CC/C=C\C/C=C\CCCCCCCCCC(=O)OCC(COC(=O)CCCCCCCCCCCCCCCC)OC(=O)CCCCC/C=C\CCCCCCCCC. The van der Waals surface area contributed by atoms with Gasteiger partial charge in [-0.2, -0.15) is 0 Å². The lowest BCUT2D eigenvalue weighted by Crippen LogP contribution is -2.30. The highest BCUT2D eigenvalue weighted by Crippen LogP contribution is 2.15. The van der Waals surface area contributed by atoms with Gasteiger partial charge in [-0.1, -0.05) is 218 Å². The van der Waals surface area contributed by atoms with Crippen LogP contribution in [0.2, 0.25) is 0 Å². The van der Waals surface area contributed by atoms with Crippen LogP contribution in [0.3, 0.4) is 0 Å². The van der Waals surface area contributed by atoms with Gasteiger partial charge in [-0.3, -0.25) is 14.4 Å². The molecule has 0 rings (SSSR count). The molecule has 0 spiro atoms. The lowest BCUT2D eigenvalue weighted by molar-refractivity contribution is -0.167. The number of unbranched alkanes of at least 4 members (excludes halogenated alkanes) is 30. The summed E-state index contributed by atoms with van der Waals surface area (Å²) in [6.07, 6.45) is 57.0. The van der Waals surface area contributed by atoms with Crippen LogP contribution >= 0.6 is 0 Å². The molecular weight excluding hydrogens is 745 g/mol. The topological polar surface area (TPSA) is 78.9 Å². The van der Waals surface area contributed by atoms with Gasteiger partial charge in [0.2, 0.25) is 0 Å². The van der Waals surface area contributed by atoms with Crippen molar-refractivity contribution in [3.8, 4) is 0 Å². The predicted molar refractivity (Wildman–Crippen MR) is 256 cm³/mol. The van der Waals surface area contributed by atoms with Crippen LogP contribution in [0.4, 0.5) is 0 Å². The molecule has 0 saturated carbocycles. The van der Waals surface area contributed by atoms with E-state index >= 15 is 0 Å². The Morgan fingerprint density at radius 3 is 1.03 bits per heavy atom. The molecule has 0 N–H and O–H groups in total. The molecule has 0 saturated heterocycles. The fourth-order valence-electron chi connectivity index (χ4n) is 7.48. The molecule has 0 aromatic rings. The van der Waals surface area contributed by atoms with Crippen LogP contribution in [0.1, 0.15) is 271 Å². The molecule has 0 aromatic heterocycles. The van der Waals surface area contributed by atoms with Gasteiger partial charge in [0.05, 0.1) is 0 Å². The van der Waals surface area contributed by atoms with Crippen molar-refractivity contribution in [1.82, 2.24) is 0 Å². The lowest BCUT2D eigenvalue weighted by Gasteiger charge is -2.18. The number of hydrogen-bond acceptors (Lipinski definition) is 6. The summed E-state index contributed by atoms with van der Waals surface area (Å²) < 4.78 is 16.8. The molecule has 0 aliphatic heterocycles. The molecule has 0 amide bonds. The molecule has 0 aliphatic carbocycles. The fraction of sp³-hybridized carbons (Fsp3) is 0.833. The Morgan fingerprint density at radius 2 is 0.650 bits per heavy atom. The second kappa shape index (κ2) is 49.3. The Bertz CT molecular complexity index is 1020. The van der Waals surface area contributed by atoms with E-state index in [0.29, 0.717) is 19.3 Å². The molecule has 1 atom stereocenters. The average molecular weight is 843 g/mol.